The molecular formula is C14H17BrN2O3. The number of hydrogen-bond donors (Lipinski definition) is 3. The first-order valence-electron chi connectivity index (χ1n) is 6.59. The highest BCUT2D eigenvalue weighted by molar-refractivity contribution is 9.10. The van der Waals surface area contributed by atoms with Gasteiger partial charge in [-0.25, -0.2) is 4.79 Å². The number of nitrogens with one attached hydrogen (secondary N) is 2. The number of rotatable bonds is 4. The van der Waals surface area contributed by atoms with Crippen LogP contribution in [0, 0.1) is 5.92 Å². The van der Waals surface area contributed by atoms with E-state index < -0.39 is 5.97 Å². The molecule has 108 valence electrons. The Balaban J connectivity index is 1.95. The molecule has 0 aliphatic carbocycles. The van der Waals surface area contributed by atoms with E-state index in [2.05, 4.69) is 26.6 Å². The standard InChI is InChI=1S/C14H17BrN2O3/c15-11-7-10(14(19)20)3-4-12(11)17-13(18)6-9-2-1-5-16-8-9/h3-4,7,9,16H,1-2,5-6,8H2,(H,17,18)(H,19,20). The number of benzene rings is 1. The monoisotopic (exact) mass is 340 g/mol. The Kier molecular flexibility index (Phi) is 5.14. The van der Waals surface area contributed by atoms with Crippen LogP contribution in [0.4, 0.5) is 5.69 Å². The van der Waals surface area contributed by atoms with E-state index in [-0.39, 0.29) is 11.5 Å². The van der Waals surface area contributed by atoms with E-state index in [1.54, 1.807) is 6.07 Å². The topological polar surface area (TPSA) is 78.4 Å². The van der Waals surface area contributed by atoms with Crippen LogP contribution in [0.15, 0.2) is 22.7 Å². The highest BCUT2D eigenvalue weighted by atomic mass is 79.9. The summed E-state index contributed by atoms with van der Waals surface area (Å²) in [5, 5.41) is 15.0. The summed E-state index contributed by atoms with van der Waals surface area (Å²) >= 11 is 3.28. The number of anilines is 1. The van der Waals surface area contributed by atoms with Gasteiger partial charge < -0.3 is 15.7 Å². The summed E-state index contributed by atoms with van der Waals surface area (Å²) in [6.07, 6.45) is 2.66. The third kappa shape index (κ3) is 4.05. The van der Waals surface area contributed by atoms with Crippen molar-refractivity contribution in [3.63, 3.8) is 0 Å². The molecule has 0 spiro atoms. The van der Waals surface area contributed by atoms with Gasteiger partial charge in [-0.15, -0.1) is 0 Å². The predicted octanol–water partition coefficient (Wildman–Crippen LogP) is 2.48. The first-order chi connectivity index (χ1) is 9.56. The molecule has 1 unspecified atom stereocenters. The minimum Gasteiger partial charge on any atom is -0.478 e. The molecule has 3 N–H and O–H groups in total. The van der Waals surface area contributed by atoms with E-state index in [0.717, 1.165) is 25.9 Å². The molecule has 1 aliphatic rings. The molecule has 1 amide bonds. The summed E-state index contributed by atoms with van der Waals surface area (Å²) in [6.45, 7) is 1.91. The third-order valence-corrected chi connectivity index (χ3v) is 4.02. The zero-order valence-electron chi connectivity index (χ0n) is 11.0. The Bertz CT molecular complexity index is 513. The van der Waals surface area contributed by atoms with Gasteiger partial charge in [0.2, 0.25) is 5.91 Å². The minimum atomic E-state index is -0.989. The maximum atomic E-state index is 12.0. The van der Waals surface area contributed by atoms with Crippen LogP contribution in [0.2, 0.25) is 0 Å². The lowest BCUT2D eigenvalue weighted by molar-refractivity contribution is -0.117. The van der Waals surface area contributed by atoms with Crippen molar-refractivity contribution in [3.8, 4) is 0 Å². The molecule has 0 radical (unpaired) electrons. The fraction of sp³-hybridized carbons (Fsp3) is 0.429. The van der Waals surface area contributed by atoms with Crippen LogP contribution in [0.3, 0.4) is 0 Å². The number of hydrogen-bond acceptors (Lipinski definition) is 3. The van der Waals surface area contributed by atoms with Gasteiger partial charge in [-0.3, -0.25) is 4.79 Å². The zero-order valence-corrected chi connectivity index (χ0v) is 12.6. The van der Waals surface area contributed by atoms with Gasteiger partial charge in [-0.2, -0.15) is 0 Å². The summed E-state index contributed by atoms with van der Waals surface area (Å²) in [5.74, 6) is -0.653. The van der Waals surface area contributed by atoms with E-state index in [4.69, 9.17) is 5.11 Å². The van der Waals surface area contributed by atoms with Gasteiger partial charge in [0.05, 0.1) is 11.3 Å². The average molecular weight is 341 g/mol. The van der Waals surface area contributed by atoms with Gasteiger partial charge in [0, 0.05) is 10.9 Å². The molecule has 1 aromatic carbocycles. The van der Waals surface area contributed by atoms with Crippen LogP contribution in [0.25, 0.3) is 0 Å². The Morgan fingerprint density at radius 3 is 2.85 bits per heavy atom. The molecule has 0 aromatic heterocycles. The van der Waals surface area contributed by atoms with Gasteiger partial charge in [-0.05, 0) is 66.0 Å². The van der Waals surface area contributed by atoms with Crippen LogP contribution in [-0.4, -0.2) is 30.1 Å². The van der Waals surface area contributed by atoms with E-state index in [1.807, 2.05) is 0 Å². The third-order valence-electron chi connectivity index (χ3n) is 3.36. The Labute approximate surface area is 125 Å². The molecule has 0 bridgehead atoms. The summed E-state index contributed by atoms with van der Waals surface area (Å²) in [4.78, 5) is 22.8. The van der Waals surface area contributed by atoms with Gasteiger partial charge >= 0.3 is 5.97 Å². The van der Waals surface area contributed by atoms with Crippen LogP contribution in [0.1, 0.15) is 29.6 Å². The molecule has 1 saturated heterocycles. The van der Waals surface area contributed by atoms with Gasteiger partial charge in [-0.1, -0.05) is 0 Å². The highest BCUT2D eigenvalue weighted by Gasteiger charge is 2.17. The quantitative estimate of drug-likeness (QED) is 0.786. The van der Waals surface area contributed by atoms with Crippen molar-refractivity contribution in [2.75, 3.05) is 18.4 Å². The maximum Gasteiger partial charge on any atom is 0.335 e. The lowest BCUT2D eigenvalue weighted by atomic mass is 9.96. The van der Waals surface area contributed by atoms with E-state index >= 15 is 0 Å². The van der Waals surface area contributed by atoms with Crippen LogP contribution in [0.5, 0.6) is 0 Å². The first-order valence-corrected chi connectivity index (χ1v) is 7.39. The molecule has 0 saturated carbocycles. The van der Waals surface area contributed by atoms with Crippen molar-refractivity contribution in [2.45, 2.75) is 19.3 Å². The fourth-order valence-electron chi connectivity index (χ4n) is 2.31. The number of carboxylic acid groups (broad SMARTS) is 1. The summed E-state index contributed by atoms with van der Waals surface area (Å²) in [7, 11) is 0. The molecule has 1 aliphatic heterocycles. The van der Waals surface area contributed by atoms with E-state index in [0.29, 0.717) is 22.5 Å². The van der Waals surface area contributed by atoms with Crippen molar-refractivity contribution < 1.29 is 14.7 Å². The van der Waals surface area contributed by atoms with Crippen LogP contribution >= 0.6 is 15.9 Å². The van der Waals surface area contributed by atoms with Crippen LogP contribution in [-0.2, 0) is 4.79 Å². The van der Waals surface area contributed by atoms with E-state index in [9.17, 15) is 9.59 Å². The number of carbonyl (C=O) groups is 2. The molecule has 1 fully saturated rings. The summed E-state index contributed by atoms with van der Waals surface area (Å²) in [6, 6.07) is 4.57. The lowest BCUT2D eigenvalue weighted by Crippen LogP contribution is -2.32. The lowest BCUT2D eigenvalue weighted by Gasteiger charge is -2.22. The molecule has 20 heavy (non-hydrogen) atoms. The smallest absolute Gasteiger partial charge is 0.335 e. The van der Waals surface area contributed by atoms with Crippen molar-refractivity contribution in [3.05, 3.63) is 28.2 Å². The van der Waals surface area contributed by atoms with Crippen molar-refractivity contribution in [1.82, 2.24) is 5.32 Å². The second kappa shape index (κ2) is 6.85. The zero-order chi connectivity index (χ0) is 14.5. The van der Waals surface area contributed by atoms with Gasteiger partial charge in [0.15, 0.2) is 0 Å². The molecule has 6 heteroatoms. The van der Waals surface area contributed by atoms with Crippen molar-refractivity contribution >= 4 is 33.5 Å². The molecule has 1 heterocycles. The SMILES string of the molecule is O=C(CC1CCCNC1)Nc1ccc(C(=O)O)cc1Br. The second-order valence-corrected chi connectivity index (χ2v) is 5.82. The number of amides is 1. The normalized spacial score (nSPS) is 18.6. The number of halogens is 1. The Hall–Kier alpha value is -1.40. The first kappa shape index (κ1) is 15.0. The van der Waals surface area contributed by atoms with Crippen molar-refractivity contribution in [2.24, 2.45) is 5.92 Å². The average Bonchev–Trinajstić information content (AvgIpc) is 2.42. The largest absolute Gasteiger partial charge is 0.478 e. The Morgan fingerprint density at radius 1 is 1.45 bits per heavy atom. The molecule has 5 nitrogen and oxygen atoms in total. The highest BCUT2D eigenvalue weighted by Crippen LogP contribution is 2.24. The maximum absolute atomic E-state index is 12.0. The van der Waals surface area contributed by atoms with Gasteiger partial charge in [0.25, 0.3) is 0 Å². The van der Waals surface area contributed by atoms with Crippen LogP contribution < -0.4 is 10.6 Å². The molecular weight excluding hydrogens is 324 g/mol. The molecule has 1 atom stereocenters. The Morgan fingerprint density at radius 2 is 2.25 bits per heavy atom. The number of carbonyl (C=O) groups excluding carboxylic acids is 1. The second-order valence-electron chi connectivity index (χ2n) is 4.96. The summed E-state index contributed by atoms with van der Waals surface area (Å²) < 4.78 is 0.576. The molecule has 2 rings (SSSR count). The van der Waals surface area contributed by atoms with Gasteiger partial charge in [0.1, 0.15) is 0 Å². The predicted molar refractivity (Wildman–Crippen MR) is 79.9 cm³/mol. The van der Waals surface area contributed by atoms with E-state index in [1.165, 1.54) is 12.1 Å². The number of carboxylic acids is 1. The number of aromatic carboxylic acids is 1. The van der Waals surface area contributed by atoms with Crippen molar-refractivity contribution in [1.29, 1.82) is 0 Å². The number of piperidine rings is 1. The summed E-state index contributed by atoms with van der Waals surface area (Å²) in [5.41, 5.74) is 0.787. The fourth-order valence-corrected chi connectivity index (χ4v) is 2.79. The molecule has 1 aromatic rings. The minimum absolute atomic E-state index is 0.0394.